The Hall–Kier alpha value is -2.00. The van der Waals surface area contributed by atoms with Crippen molar-refractivity contribution in [3.8, 4) is 6.07 Å². The largest absolute Gasteiger partial charge is 0.343 e. The van der Waals surface area contributed by atoms with Gasteiger partial charge in [0.15, 0.2) is 5.16 Å². The molecule has 0 aliphatic heterocycles. The van der Waals surface area contributed by atoms with Crippen molar-refractivity contribution in [2.75, 3.05) is 0 Å². The fourth-order valence-electron chi connectivity index (χ4n) is 1.41. The standard InChI is InChI=1S/C11H10N4OS/c1-2-15-10(16)13-14-11(15)17-9-6-4-3-5-8(9)7-12/h3-6H,2H2,1H3,(H,13,16). The summed E-state index contributed by atoms with van der Waals surface area (Å²) in [5, 5.41) is 15.9. The van der Waals surface area contributed by atoms with E-state index in [9.17, 15) is 4.79 Å². The summed E-state index contributed by atoms with van der Waals surface area (Å²) in [4.78, 5) is 12.2. The Morgan fingerprint density at radius 1 is 1.53 bits per heavy atom. The third kappa shape index (κ3) is 2.24. The molecule has 0 saturated carbocycles. The van der Waals surface area contributed by atoms with Crippen LogP contribution in [0.3, 0.4) is 0 Å². The summed E-state index contributed by atoms with van der Waals surface area (Å²) in [6.07, 6.45) is 0. The molecule has 17 heavy (non-hydrogen) atoms. The first-order valence-corrected chi connectivity index (χ1v) is 5.90. The van der Waals surface area contributed by atoms with E-state index in [-0.39, 0.29) is 5.69 Å². The fourth-order valence-corrected chi connectivity index (χ4v) is 2.39. The van der Waals surface area contributed by atoms with Gasteiger partial charge in [0.05, 0.1) is 5.56 Å². The molecule has 1 aromatic carbocycles. The molecule has 0 saturated heterocycles. The van der Waals surface area contributed by atoms with Gasteiger partial charge >= 0.3 is 5.69 Å². The van der Waals surface area contributed by atoms with Gasteiger partial charge in [-0.05, 0) is 30.8 Å². The number of hydrogen-bond acceptors (Lipinski definition) is 4. The van der Waals surface area contributed by atoms with Gasteiger partial charge in [-0.25, -0.2) is 9.89 Å². The highest BCUT2D eigenvalue weighted by Crippen LogP contribution is 2.27. The van der Waals surface area contributed by atoms with Crippen molar-refractivity contribution >= 4 is 11.8 Å². The Labute approximate surface area is 102 Å². The van der Waals surface area contributed by atoms with Gasteiger partial charge in [0.2, 0.25) is 0 Å². The molecule has 86 valence electrons. The number of nitriles is 1. The second kappa shape index (κ2) is 4.89. The van der Waals surface area contributed by atoms with Crippen molar-refractivity contribution in [2.24, 2.45) is 0 Å². The van der Waals surface area contributed by atoms with Crippen molar-refractivity contribution in [1.82, 2.24) is 14.8 Å². The molecule has 0 fully saturated rings. The number of aromatic nitrogens is 3. The Kier molecular flexibility index (Phi) is 3.30. The highest BCUT2D eigenvalue weighted by molar-refractivity contribution is 7.99. The average Bonchev–Trinajstić information content (AvgIpc) is 2.70. The molecule has 0 unspecified atom stereocenters. The second-order valence-electron chi connectivity index (χ2n) is 3.27. The van der Waals surface area contributed by atoms with Gasteiger partial charge in [-0.15, -0.1) is 5.10 Å². The van der Waals surface area contributed by atoms with E-state index in [1.807, 2.05) is 19.1 Å². The van der Waals surface area contributed by atoms with Crippen LogP contribution in [0.15, 0.2) is 39.1 Å². The van der Waals surface area contributed by atoms with Crippen molar-refractivity contribution in [3.63, 3.8) is 0 Å². The number of benzene rings is 1. The number of aromatic amines is 1. The monoisotopic (exact) mass is 246 g/mol. The van der Waals surface area contributed by atoms with E-state index < -0.39 is 0 Å². The van der Waals surface area contributed by atoms with Crippen LogP contribution >= 0.6 is 11.8 Å². The maximum absolute atomic E-state index is 11.4. The van der Waals surface area contributed by atoms with E-state index in [2.05, 4.69) is 16.3 Å². The maximum atomic E-state index is 11.4. The third-order valence-electron chi connectivity index (χ3n) is 2.25. The van der Waals surface area contributed by atoms with Crippen LogP contribution in [0.1, 0.15) is 12.5 Å². The lowest BCUT2D eigenvalue weighted by atomic mass is 10.2. The zero-order valence-electron chi connectivity index (χ0n) is 9.17. The summed E-state index contributed by atoms with van der Waals surface area (Å²) in [6, 6.07) is 9.35. The SMILES string of the molecule is CCn1c(Sc2ccccc2C#N)n[nH]c1=O. The molecule has 0 radical (unpaired) electrons. The first kappa shape index (κ1) is 11.5. The highest BCUT2D eigenvalue weighted by Gasteiger charge is 2.10. The Bertz CT molecular complexity index is 623. The molecule has 1 heterocycles. The highest BCUT2D eigenvalue weighted by atomic mass is 32.2. The molecule has 6 heteroatoms. The van der Waals surface area contributed by atoms with Crippen LogP contribution in [0.2, 0.25) is 0 Å². The molecule has 0 amide bonds. The molecule has 0 bridgehead atoms. The van der Waals surface area contributed by atoms with Gasteiger partial charge in [0, 0.05) is 11.4 Å². The number of H-pyrrole nitrogens is 1. The van der Waals surface area contributed by atoms with Crippen molar-refractivity contribution in [2.45, 2.75) is 23.5 Å². The normalized spacial score (nSPS) is 10.1. The van der Waals surface area contributed by atoms with Crippen LogP contribution in [0.5, 0.6) is 0 Å². The molecule has 5 nitrogen and oxygen atoms in total. The molecule has 1 N–H and O–H groups in total. The molecule has 0 aliphatic carbocycles. The van der Waals surface area contributed by atoms with E-state index in [0.29, 0.717) is 17.3 Å². The van der Waals surface area contributed by atoms with E-state index in [1.54, 1.807) is 12.1 Å². The lowest BCUT2D eigenvalue weighted by Gasteiger charge is -2.03. The lowest BCUT2D eigenvalue weighted by molar-refractivity contribution is 0.660. The van der Waals surface area contributed by atoms with E-state index >= 15 is 0 Å². The van der Waals surface area contributed by atoms with Gasteiger partial charge < -0.3 is 0 Å². The van der Waals surface area contributed by atoms with Gasteiger partial charge in [0.1, 0.15) is 6.07 Å². The quantitative estimate of drug-likeness (QED) is 0.892. The Morgan fingerprint density at radius 2 is 2.29 bits per heavy atom. The zero-order valence-corrected chi connectivity index (χ0v) is 9.99. The molecule has 1 aromatic heterocycles. The van der Waals surface area contributed by atoms with Gasteiger partial charge in [-0.2, -0.15) is 5.26 Å². The zero-order chi connectivity index (χ0) is 12.3. The summed E-state index contributed by atoms with van der Waals surface area (Å²) < 4.78 is 1.53. The molecular formula is C11H10N4OS. The van der Waals surface area contributed by atoms with E-state index in [1.165, 1.54) is 16.3 Å². The second-order valence-corrected chi connectivity index (χ2v) is 4.27. The number of nitrogens with one attached hydrogen (secondary N) is 1. The number of nitrogens with zero attached hydrogens (tertiary/aromatic N) is 3. The van der Waals surface area contributed by atoms with Crippen LogP contribution < -0.4 is 5.69 Å². The minimum Gasteiger partial charge on any atom is -0.270 e. The first-order chi connectivity index (χ1) is 8.26. The Balaban J connectivity index is 2.38. The minimum absolute atomic E-state index is 0.232. The predicted molar refractivity (Wildman–Crippen MR) is 63.8 cm³/mol. The lowest BCUT2D eigenvalue weighted by Crippen LogP contribution is -2.16. The fraction of sp³-hybridized carbons (Fsp3) is 0.182. The summed E-state index contributed by atoms with van der Waals surface area (Å²) in [7, 11) is 0. The van der Waals surface area contributed by atoms with Crippen molar-refractivity contribution < 1.29 is 0 Å². The molecule has 0 atom stereocenters. The first-order valence-electron chi connectivity index (χ1n) is 5.08. The molecule has 0 spiro atoms. The summed E-state index contributed by atoms with van der Waals surface area (Å²) in [6.45, 7) is 2.42. The third-order valence-corrected chi connectivity index (χ3v) is 3.32. The number of hydrogen-bond donors (Lipinski definition) is 1. The molecule has 0 aliphatic rings. The summed E-state index contributed by atoms with van der Waals surface area (Å²) >= 11 is 1.31. The Morgan fingerprint density at radius 3 is 3.00 bits per heavy atom. The van der Waals surface area contributed by atoms with Crippen molar-refractivity contribution in [3.05, 3.63) is 40.3 Å². The minimum atomic E-state index is -0.232. The average molecular weight is 246 g/mol. The predicted octanol–water partition coefficient (Wildman–Crippen LogP) is 1.61. The van der Waals surface area contributed by atoms with Gasteiger partial charge in [-0.3, -0.25) is 4.57 Å². The van der Waals surface area contributed by atoms with Crippen molar-refractivity contribution in [1.29, 1.82) is 5.26 Å². The summed E-state index contributed by atoms with van der Waals surface area (Å²) in [5.74, 6) is 0. The van der Waals surface area contributed by atoms with Gasteiger partial charge in [0.25, 0.3) is 0 Å². The van der Waals surface area contributed by atoms with E-state index in [0.717, 1.165) is 4.90 Å². The van der Waals surface area contributed by atoms with E-state index in [4.69, 9.17) is 5.26 Å². The molecule has 2 rings (SSSR count). The van der Waals surface area contributed by atoms with Crippen LogP contribution in [0.4, 0.5) is 0 Å². The topological polar surface area (TPSA) is 74.5 Å². The van der Waals surface area contributed by atoms with Crippen LogP contribution in [0, 0.1) is 11.3 Å². The molecular weight excluding hydrogens is 236 g/mol. The summed E-state index contributed by atoms with van der Waals surface area (Å²) in [5.41, 5.74) is 0.347. The van der Waals surface area contributed by atoms with Crippen LogP contribution in [0.25, 0.3) is 0 Å². The molecule has 2 aromatic rings. The van der Waals surface area contributed by atoms with Crippen LogP contribution in [-0.2, 0) is 6.54 Å². The van der Waals surface area contributed by atoms with Gasteiger partial charge in [-0.1, -0.05) is 12.1 Å². The van der Waals surface area contributed by atoms with Crippen LogP contribution in [-0.4, -0.2) is 14.8 Å². The number of rotatable bonds is 3. The maximum Gasteiger partial charge on any atom is 0.343 e. The smallest absolute Gasteiger partial charge is 0.270 e.